The second-order valence-corrected chi connectivity index (χ2v) is 4.70. The molecule has 1 aromatic carbocycles. The van der Waals surface area contributed by atoms with Gasteiger partial charge in [0.2, 0.25) is 0 Å². The van der Waals surface area contributed by atoms with Crippen molar-refractivity contribution < 1.29 is 5.11 Å². The molecule has 0 aromatic heterocycles. The highest BCUT2D eigenvalue weighted by atomic mass is 16.3. The zero-order valence-corrected chi connectivity index (χ0v) is 8.80. The first kappa shape index (κ1) is 9.69. The van der Waals surface area contributed by atoms with Gasteiger partial charge >= 0.3 is 0 Å². The van der Waals surface area contributed by atoms with Crippen LogP contribution in [0.4, 0.5) is 0 Å². The lowest BCUT2D eigenvalue weighted by Gasteiger charge is -2.17. The van der Waals surface area contributed by atoms with Crippen LogP contribution in [0.1, 0.15) is 30.5 Å². The van der Waals surface area contributed by atoms with Crippen LogP contribution in [0.3, 0.4) is 0 Å². The van der Waals surface area contributed by atoms with Crippen LogP contribution in [0.5, 0.6) is 0 Å². The summed E-state index contributed by atoms with van der Waals surface area (Å²) in [4.78, 5) is 0. The maximum absolute atomic E-state index is 9.70. The van der Waals surface area contributed by atoms with E-state index in [4.69, 9.17) is 0 Å². The average molecular weight is 191 g/mol. The van der Waals surface area contributed by atoms with E-state index >= 15 is 0 Å². The molecule has 0 radical (unpaired) electrons. The Morgan fingerprint density at radius 2 is 2.00 bits per heavy atom. The van der Waals surface area contributed by atoms with Crippen molar-refractivity contribution in [2.45, 2.75) is 39.0 Å². The number of hydrogen-bond acceptors (Lipinski definition) is 2. The first-order valence-electron chi connectivity index (χ1n) is 5.08. The molecular formula is C12H17NO. The van der Waals surface area contributed by atoms with Crippen molar-refractivity contribution in [2.24, 2.45) is 0 Å². The van der Waals surface area contributed by atoms with Crippen LogP contribution in [0.15, 0.2) is 18.2 Å². The minimum atomic E-state index is -0.611. The molecule has 0 saturated heterocycles. The predicted molar refractivity (Wildman–Crippen MR) is 57.0 cm³/mol. The van der Waals surface area contributed by atoms with Crippen LogP contribution in [-0.2, 0) is 19.5 Å². The highest BCUT2D eigenvalue weighted by molar-refractivity contribution is 5.35. The molecule has 1 aliphatic heterocycles. The van der Waals surface area contributed by atoms with E-state index in [-0.39, 0.29) is 0 Å². The van der Waals surface area contributed by atoms with E-state index in [2.05, 4.69) is 23.5 Å². The van der Waals surface area contributed by atoms with E-state index in [9.17, 15) is 5.11 Å². The fraction of sp³-hybridized carbons (Fsp3) is 0.500. The van der Waals surface area contributed by atoms with Gasteiger partial charge in [0.05, 0.1) is 5.60 Å². The summed E-state index contributed by atoms with van der Waals surface area (Å²) in [5.41, 5.74) is 3.39. The van der Waals surface area contributed by atoms with Gasteiger partial charge in [-0.1, -0.05) is 18.2 Å². The molecule has 1 heterocycles. The number of fused-ring (bicyclic) bond motifs is 1. The van der Waals surface area contributed by atoms with Gasteiger partial charge in [0.25, 0.3) is 0 Å². The first-order chi connectivity index (χ1) is 6.54. The summed E-state index contributed by atoms with van der Waals surface area (Å²) in [7, 11) is 0. The molecule has 0 atom stereocenters. The van der Waals surface area contributed by atoms with Gasteiger partial charge in [0, 0.05) is 19.5 Å². The molecule has 0 saturated carbocycles. The highest BCUT2D eigenvalue weighted by Crippen LogP contribution is 2.20. The molecule has 0 amide bonds. The summed E-state index contributed by atoms with van der Waals surface area (Å²) >= 11 is 0. The molecule has 1 aliphatic rings. The Bertz CT molecular complexity index is 339. The summed E-state index contributed by atoms with van der Waals surface area (Å²) in [6.45, 7) is 5.64. The third-order valence-electron chi connectivity index (χ3n) is 2.54. The monoisotopic (exact) mass is 191 g/mol. The number of rotatable bonds is 2. The fourth-order valence-electron chi connectivity index (χ4n) is 1.96. The topological polar surface area (TPSA) is 32.3 Å². The smallest absolute Gasteiger partial charge is 0.0631 e. The molecular weight excluding hydrogens is 174 g/mol. The summed E-state index contributed by atoms with van der Waals surface area (Å²) in [5.74, 6) is 0. The summed E-state index contributed by atoms with van der Waals surface area (Å²) in [6, 6.07) is 6.48. The Morgan fingerprint density at radius 1 is 1.29 bits per heavy atom. The average Bonchev–Trinajstić information content (AvgIpc) is 2.47. The molecule has 0 spiro atoms. The molecule has 2 N–H and O–H groups in total. The summed E-state index contributed by atoms with van der Waals surface area (Å²) in [5, 5.41) is 13.0. The van der Waals surface area contributed by atoms with Crippen molar-refractivity contribution in [3.8, 4) is 0 Å². The number of aliphatic hydroxyl groups is 1. The molecule has 1 aromatic rings. The summed E-state index contributed by atoms with van der Waals surface area (Å²) in [6.07, 6.45) is 0.722. The SMILES string of the molecule is CC(C)(O)Cc1ccc2c(c1)CNC2. The largest absolute Gasteiger partial charge is 0.390 e. The van der Waals surface area contributed by atoms with Gasteiger partial charge in [-0.3, -0.25) is 0 Å². The van der Waals surface area contributed by atoms with Crippen molar-refractivity contribution in [2.75, 3.05) is 0 Å². The van der Waals surface area contributed by atoms with E-state index in [0.717, 1.165) is 19.5 Å². The number of benzene rings is 1. The standard InChI is InChI=1S/C12H17NO/c1-12(2,14)6-9-3-4-10-7-13-8-11(10)5-9/h3-5,13-14H,6-8H2,1-2H3. The van der Waals surface area contributed by atoms with E-state index in [0.29, 0.717) is 0 Å². The second kappa shape index (κ2) is 3.37. The molecule has 2 heteroatoms. The molecule has 0 fully saturated rings. The van der Waals surface area contributed by atoms with Crippen LogP contribution in [0.25, 0.3) is 0 Å². The lowest BCUT2D eigenvalue weighted by atomic mass is 9.96. The van der Waals surface area contributed by atoms with Crippen molar-refractivity contribution >= 4 is 0 Å². The minimum Gasteiger partial charge on any atom is -0.390 e. The zero-order chi connectivity index (χ0) is 10.2. The third kappa shape index (κ3) is 2.14. The van der Waals surface area contributed by atoms with E-state index in [1.54, 1.807) is 0 Å². The van der Waals surface area contributed by atoms with Crippen molar-refractivity contribution in [1.82, 2.24) is 5.32 Å². The summed E-state index contributed by atoms with van der Waals surface area (Å²) < 4.78 is 0. The quantitative estimate of drug-likeness (QED) is 0.744. The maximum atomic E-state index is 9.70. The Labute approximate surface area is 85.0 Å². The Kier molecular flexibility index (Phi) is 2.33. The fourth-order valence-corrected chi connectivity index (χ4v) is 1.96. The molecule has 14 heavy (non-hydrogen) atoms. The lowest BCUT2D eigenvalue weighted by molar-refractivity contribution is 0.0810. The Balaban J connectivity index is 2.21. The van der Waals surface area contributed by atoms with E-state index in [1.807, 2.05) is 13.8 Å². The lowest BCUT2D eigenvalue weighted by Crippen LogP contribution is -2.21. The van der Waals surface area contributed by atoms with Crippen LogP contribution in [0.2, 0.25) is 0 Å². The van der Waals surface area contributed by atoms with Gasteiger partial charge in [0.1, 0.15) is 0 Å². The minimum absolute atomic E-state index is 0.611. The second-order valence-electron chi connectivity index (χ2n) is 4.70. The zero-order valence-electron chi connectivity index (χ0n) is 8.80. The molecule has 76 valence electrons. The van der Waals surface area contributed by atoms with Gasteiger partial charge in [0.15, 0.2) is 0 Å². The van der Waals surface area contributed by atoms with Crippen LogP contribution in [-0.4, -0.2) is 10.7 Å². The van der Waals surface area contributed by atoms with Gasteiger partial charge in [-0.15, -0.1) is 0 Å². The van der Waals surface area contributed by atoms with Crippen LogP contribution < -0.4 is 5.32 Å². The Morgan fingerprint density at radius 3 is 2.71 bits per heavy atom. The van der Waals surface area contributed by atoms with Crippen LogP contribution in [0, 0.1) is 0 Å². The van der Waals surface area contributed by atoms with Gasteiger partial charge in [-0.05, 0) is 30.5 Å². The molecule has 2 rings (SSSR count). The number of hydrogen-bond donors (Lipinski definition) is 2. The van der Waals surface area contributed by atoms with E-state index < -0.39 is 5.60 Å². The third-order valence-corrected chi connectivity index (χ3v) is 2.54. The van der Waals surface area contributed by atoms with Crippen LogP contribution >= 0.6 is 0 Å². The molecule has 0 aliphatic carbocycles. The number of nitrogens with one attached hydrogen (secondary N) is 1. The molecule has 2 nitrogen and oxygen atoms in total. The van der Waals surface area contributed by atoms with Crippen molar-refractivity contribution in [3.63, 3.8) is 0 Å². The Hall–Kier alpha value is -0.860. The van der Waals surface area contributed by atoms with E-state index in [1.165, 1.54) is 16.7 Å². The molecule has 0 unspecified atom stereocenters. The van der Waals surface area contributed by atoms with Gasteiger partial charge < -0.3 is 10.4 Å². The van der Waals surface area contributed by atoms with Crippen molar-refractivity contribution in [3.05, 3.63) is 34.9 Å². The normalized spacial score (nSPS) is 15.6. The highest BCUT2D eigenvalue weighted by Gasteiger charge is 2.15. The van der Waals surface area contributed by atoms with Gasteiger partial charge in [-0.2, -0.15) is 0 Å². The van der Waals surface area contributed by atoms with Crippen molar-refractivity contribution in [1.29, 1.82) is 0 Å². The maximum Gasteiger partial charge on any atom is 0.0631 e. The predicted octanol–water partition coefficient (Wildman–Crippen LogP) is 1.60. The van der Waals surface area contributed by atoms with Gasteiger partial charge in [-0.25, -0.2) is 0 Å². The first-order valence-corrected chi connectivity index (χ1v) is 5.08. The molecule has 0 bridgehead atoms.